The van der Waals surface area contributed by atoms with E-state index < -0.39 is 11.6 Å². The van der Waals surface area contributed by atoms with Crippen molar-refractivity contribution in [3.63, 3.8) is 0 Å². The van der Waals surface area contributed by atoms with Crippen molar-refractivity contribution in [3.8, 4) is 35.2 Å². The maximum absolute atomic E-state index is 16.9. The molecule has 5 aliphatic rings. The van der Waals surface area contributed by atoms with Crippen molar-refractivity contribution >= 4 is 27.5 Å². The first kappa shape index (κ1) is 30.1. The molecule has 4 aromatic rings. The van der Waals surface area contributed by atoms with Gasteiger partial charge in [0.2, 0.25) is 0 Å². The highest BCUT2D eigenvalue weighted by Crippen LogP contribution is 2.48. The van der Waals surface area contributed by atoms with Gasteiger partial charge in [-0.05, 0) is 86.8 Å². The smallest absolute Gasteiger partial charge is 0.319 e. The summed E-state index contributed by atoms with van der Waals surface area (Å²) in [5.74, 6) is 1.83. The lowest BCUT2D eigenvalue weighted by molar-refractivity contribution is -0.140. The van der Waals surface area contributed by atoms with Gasteiger partial charge in [0.05, 0.1) is 25.4 Å². The number of piperidine rings is 1. The van der Waals surface area contributed by atoms with Gasteiger partial charge in [0.1, 0.15) is 22.9 Å². The van der Waals surface area contributed by atoms with Gasteiger partial charge in [-0.25, -0.2) is 8.78 Å². The van der Waals surface area contributed by atoms with E-state index in [1.165, 1.54) is 37.1 Å². The van der Waals surface area contributed by atoms with Gasteiger partial charge in [-0.1, -0.05) is 18.1 Å². The number of ether oxygens (including phenoxy) is 2. The highest BCUT2D eigenvalue weighted by Gasteiger charge is 2.48. The number of nitrogens with zero attached hydrogens (tertiary/aromatic N) is 4. The number of likely N-dealkylation sites (tertiary alicyclic amines) is 1. The third-order valence-corrected chi connectivity index (χ3v) is 11.5. The molecule has 3 aromatic carbocycles. The number of terminal acetylenes is 1. The number of aromatic hydroxyl groups is 1. The summed E-state index contributed by atoms with van der Waals surface area (Å²) >= 11 is 0. The number of aromatic nitrogens is 2. The topological polar surface area (TPSA) is 83.0 Å². The number of nitrogens with one attached hydrogen (secondary N) is 1. The molecule has 1 spiro atoms. The predicted molar refractivity (Wildman–Crippen MR) is 180 cm³/mol. The number of hydrogen-bond acceptors (Lipinski definition) is 8. The van der Waals surface area contributed by atoms with Gasteiger partial charge < -0.3 is 29.7 Å². The summed E-state index contributed by atoms with van der Waals surface area (Å²) < 4.78 is 43.7. The summed E-state index contributed by atoms with van der Waals surface area (Å²) in [5.41, 5.74) is 1.05. The van der Waals surface area contributed by atoms with Crippen LogP contribution in [0.15, 0.2) is 36.4 Å². The number of halogens is 2. The van der Waals surface area contributed by atoms with Crippen LogP contribution in [0.2, 0.25) is 0 Å². The highest BCUT2D eigenvalue weighted by molar-refractivity contribution is 6.04. The first-order valence-corrected chi connectivity index (χ1v) is 17.2. The number of benzene rings is 3. The lowest BCUT2D eigenvalue weighted by Crippen LogP contribution is -2.52. The molecule has 10 heteroatoms. The first-order valence-electron chi connectivity index (χ1n) is 17.2. The number of piperazine rings is 1. The first-order chi connectivity index (χ1) is 23.3. The lowest BCUT2D eigenvalue weighted by atomic mass is 9.76. The van der Waals surface area contributed by atoms with Crippen LogP contribution in [-0.2, 0) is 4.74 Å². The number of fused-ring (bicyclic) bond motifs is 4. The van der Waals surface area contributed by atoms with Crippen LogP contribution in [0.5, 0.6) is 11.8 Å². The van der Waals surface area contributed by atoms with E-state index in [2.05, 4.69) is 21.0 Å². The molecule has 2 atom stereocenters. The van der Waals surface area contributed by atoms with Gasteiger partial charge in [0, 0.05) is 58.9 Å². The molecule has 4 saturated heterocycles. The molecule has 0 radical (unpaired) electrons. The Morgan fingerprint density at radius 3 is 2.46 bits per heavy atom. The van der Waals surface area contributed by atoms with Gasteiger partial charge in [0.25, 0.3) is 0 Å². The van der Waals surface area contributed by atoms with Crippen molar-refractivity contribution in [1.82, 2.24) is 20.2 Å². The minimum atomic E-state index is -0.596. The Morgan fingerprint density at radius 1 is 1.00 bits per heavy atom. The fraction of sp³-hybridized carbons (Fsp3) is 0.474. The van der Waals surface area contributed by atoms with Crippen LogP contribution in [0.3, 0.4) is 0 Å². The summed E-state index contributed by atoms with van der Waals surface area (Å²) in [7, 11) is 0. The van der Waals surface area contributed by atoms with Crippen LogP contribution >= 0.6 is 0 Å². The van der Waals surface area contributed by atoms with E-state index in [1.54, 1.807) is 6.07 Å². The lowest BCUT2D eigenvalue weighted by Gasteiger charge is -2.47. The second-order valence-electron chi connectivity index (χ2n) is 14.9. The Kier molecular flexibility index (Phi) is 7.05. The van der Waals surface area contributed by atoms with E-state index in [0.29, 0.717) is 51.6 Å². The van der Waals surface area contributed by atoms with Crippen molar-refractivity contribution in [2.24, 2.45) is 10.8 Å². The molecule has 2 N–H and O–H groups in total. The van der Waals surface area contributed by atoms with Crippen LogP contribution in [0, 0.1) is 34.8 Å². The highest BCUT2D eigenvalue weighted by atomic mass is 19.1. The monoisotopic (exact) mass is 651 g/mol. The summed E-state index contributed by atoms with van der Waals surface area (Å²) in [6.07, 6.45) is 12.4. The maximum Gasteiger partial charge on any atom is 0.319 e. The number of phenols is 1. The third kappa shape index (κ3) is 5.15. The van der Waals surface area contributed by atoms with E-state index in [-0.39, 0.29) is 33.8 Å². The van der Waals surface area contributed by atoms with Gasteiger partial charge in [0.15, 0.2) is 5.82 Å². The van der Waals surface area contributed by atoms with Crippen LogP contribution in [0.1, 0.15) is 44.1 Å². The molecule has 2 unspecified atom stereocenters. The van der Waals surface area contributed by atoms with E-state index >= 15 is 4.39 Å². The molecule has 4 aliphatic heterocycles. The van der Waals surface area contributed by atoms with E-state index in [0.717, 1.165) is 71.6 Å². The average molecular weight is 652 g/mol. The van der Waals surface area contributed by atoms with Gasteiger partial charge in [-0.2, -0.15) is 9.97 Å². The van der Waals surface area contributed by atoms with Crippen molar-refractivity contribution in [2.75, 3.05) is 57.4 Å². The van der Waals surface area contributed by atoms with Gasteiger partial charge >= 0.3 is 6.01 Å². The minimum Gasteiger partial charge on any atom is -0.508 e. The molecule has 5 heterocycles. The van der Waals surface area contributed by atoms with Crippen LogP contribution in [-0.4, -0.2) is 84.6 Å². The average Bonchev–Trinajstić information content (AvgIpc) is 3.76. The van der Waals surface area contributed by atoms with E-state index in [9.17, 15) is 9.50 Å². The van der Waals surface area contributed by atoms with Crippen molar-refractivity contribution in [3.05, 3.63) is 53.6 Å². The number of hydrogen-bond donors (Lipinski definition) is 2. The molecule has 48 heavy (non-hydrogen) atoms. The Hall–Kier alpha value is -4.04. The molecular weight excluding hydrogens is 612 g/mol. The van der Waals surface area contributed by atoms with Crippen molar-refractivity contribution in [2.45, 2.75) is 50.6 Å². The fourth-order valence-electron chi connectivity index (χ4n) is 8.47. The Morgan fingerprint density at radius 2 is 1.77 bits per heavy atom. The van der Waals surface area contributed by atoms with Crippen molar-refractivity contribution < 1.29 is 23.4 Å². The van der Waals surface area contributed by atoms with Crippen LogP contribution < -0.4 is 15.0 Å². The second kappa shape index (κ2) is 11.3. The number of anilines is 1. The van der Waals surface area contributed by atoms with E-state index in [1.807, 2.05) is 6.07 Å². The zero-order valence-electron chi connectivity index (χ0n) is 26.9. The summed E-state index contributed by atoms with van der Waals surface area (Å²) in [5, 5.41) is 15.7. The molecule has 0 amide bonds. The zero-order chi connectivity index (χ0) is 32.6. The van der Waals surface area contributed by atoms with E-state index in [4.69, 9.17) is 25.9 Å². The third-order valence-electron chi connectivity index (χ3n) is 11.5. The van der Waals surface area contributed by atoms with Gasteiger partial charge in [-0.15, -0.1) is 6.42 Å². The zero-order valence-corrected chi connectivity index (χ0v) is 26.9. The molecular formula is C38H39F2N5O3. The fourth-order valence-corrected chi connectivity index (χ4v) is 8.47. The second-order valence-corrected chi connectivity index (χ2v) is 14.9. The molecule has 5 fully saturated rings. The van der Waals surface area contributed by atoms with Crippen LogP contribution in [0.4, 0.5) is 14.6 Å². The maximum atomic E-state index is 16.9. The Labute approximate surface area is 278 Å². The summed E-state index contributed by atoms with van der Waals surface area (Å²) in [6.45, 7) is 6.92. The molecule has 9 rings (SSSR count). The standard InChI is InChI=1S/C38H39F2N5O3/c1-2-27-31(39)8-3-23-15-26(46)16-30(32(23)27)28-6-7-29-34(33(28)40)42-36(43-35(29)45-17-24-4-5-25(18-45)41-24)48-22-37(9-10-37)19-44-13-11-38(12-14-44)20-47-21-38/h1,3,6-8,15-16,24-25,41,46H,4-5,9-14,17-22H2. The number of phenolic OH excluding ortho intramolecular Hbond substituents is 1. The van der Waals surface area contributed by atoms with Crippen molar-refractivity contribution in [1.29, 1.82) is 0 Å². The van der Waals surface area contributed by atoms with Crippen LogP contribution in [0.25, 0.3) is 32.8 Å². The molecule has 1 aromatic heterocycles. The summed E-state index contributed by atoms with van der Waals surface area (Å²) in [6, 6.07) is 10.1. The summed E-state index contributed by atoms with van der Waals surface area (Å²) in [4.78, 5) is 14.4. The molecule has 1 aliphatic carbocycles. The Balaban J connectivity index is 1.08. The quantitative estimate of drug-likeness (QED) is 0.249. The van der Waals surface area contributed by atoms with Gasteiger partial charge in [-0.3, -0.25) is 0 Å². The molecule has 248 valence electrons. The SMILES string of the molecule is C#Cc1c(F)ccc2cc(O)cc(-c3ccc4c(N5CC6CCC(C5)N6)nc(OCC5(CN6CCC7(CC6)COC7)CC5)nc4c3F)c12. The molecule has 8 nitrogen and oxygen atoms in total. The minimum absolute atomic E-state index is 0.0188. The largest absolute Gasteiger partial charge is 0.508 e. The molecule has 2 bridgehead atoms. The Bertz CT molecular complexity index is 1970. The normalized spacial score (nSPS) is 24.1. The predicted octanol–water partition coefficient (Wildman–Crippen LogP) is 5.63. The number of rotatable bonds is 7. The molecule has 1 saturated carbocycles.